The Balaban J connectivity index is 0. The highest BCUT2D eigenvalue weighted by atomic mass is 33.1. The second-order valence-electron chi connectivity index (χ2n) is 6.50. The number of pyridine rings is 1. The Morgan fingerprint density at radius 1 is 1.14 bits per heavy atom. The third kappa shape index (κ3) is 18.7. The summed E-state index contributed by atoms with van der Waals surface area (Å²) in [5, 5.41) is 10.3. The zero-order valence-electron chi connectivity index (χ0n) is 20.8. The molecule has 192 valence electrons. The predicted octanol–water partition coefficient (Wildman–Crippen LogP) is 5.61. The van der Waals surface area contributed by atoms with Crippen LogP contribution >= 0.6 is 34.2 Å². The van der Waals surface area contributed by atoms with E-state index in [1.54, 1.807) is 19.4 Å². The van der Waals surface area contributed by atoms with Gasteiger partial charge in [0.25, 0.3) is 0 Å². The number of aromatic nitrogens is 1. The number of thioether (sulfide) groups is 1. The number of aliphatic carboxylic acids is 1. The van der Waals surface area contributed by atoms with Crippen LogP contribution < -0.4 is 11.1 Å². The number of nitrogens with two attached hydrogens (primary N) is 1. The van der Waals surface area contributed by atoms with Crippen LogP contribution in [-0.2, 0) is 16.1 Å². The highest BCUT2D eigenvalue weighted by Crippen LogP contribution is 2.24. The van der Waals surface area contributed by atoms with E-state index in [1.807, 2.05) is 36.8 Å². The van der Waals surface area contributed by atoms with Crippen molar-refractivity contribution in [2.45, 2.75) is 25.3 Å². The molecular weight excluding hydrogens is 499 g/mol. The van der Waals surface area contributed by atoms with E-state index in [4.69, 9.17) is 15.6 Å². The van der Waals surface area contributed by atoms with Gasteiger partial charge in [-0.25, -0.2) is 0 Å². The number of carbonyl (C=O) groups is 2. The molecule has 4 N–H and O–H groups in total. The second kappa shape index (κ2) is 24.8. The minimum Gasteiger partial charge on any atom is -0.480 e. The zero-order valence-corrected chi connectivity index (χ0v) is 23.3. The summed E-state index contributed by atoms with van der Waals surface area (Å²) in [7, 11) is 2.99. The number of carbonyl (C=O) groups excluding carboxylic acids is 1. The lowest BCUT2D eigenvalue weighted by Gasteiger charge is -2.07. The number of likely N-dealkylation sites (N-methyl/N-ethyl adjacent to an activating group) is 1. The summed E-state index contributed by atoms with van der Waals surface area (Å²) in [6, 6.07) is 20.6. The van der Waals surface area contributed by atoms with Crippen molar-refractivity contribution < 1.29 is 14.7 Å². The Hall–Kier alpha value is -2.30. The molecule has 0 radical (unpaired) electrons. The van der Waals surface area contributed by atoms with Crippen LogP contribution in [-0.4, -0.2) is 48.4 Å². The molecule has 1 aromatic heterocycles. The minimum absolute atomic E-state index is 0.0417. The molecule has 3 aromatic rings. The number of nitrogens with one attached hydrogen (secondary N) is 1. The lowest BCUT2D eigenvalue weighted by Crippen LogP contribution is -2.16. The van der Waals surface area contributed by atoms with E-state index in [0.29, 0.717) is 6.54 Å². The van der Waals surface area contributed by atoms with Gasteiger partial charge in [0.1, 0.15) is 6.79 Å². The van der Waals surface area contributed by atoms with Gasteiger partial charge < -0.3 is 21.0 Å². The van der Waals surface area contributed by atoms with Gasteiger partial charge in [0.15, 0.2) is 0 Å². The molecule has 0 atom stereocenters. The van der Waals surface area contributed by atoms with Crippen molar-refractivity contribution in [3.05, 3.63) is 84.2 Å². The van der Waals surface area contributed by atoms with Crippen molar-refractivity contribution in [2.24, 2.45) is 5.73 Å². The molecular formula is C26H37N3O3S3. The molecule has 0 aliphatic heterocycles. The molecule has 35 heavy (non-hydrogen) atoms. The van der Waals surface area contributed by atoms with Gasteiger partial charge in [0.2, 0.25) is 0 Å². The third-order valence-electron chi connectivity index (χ3n) is 3.98. The lowest BCUT2D eigenvalue weighted by atomic mass is 9.98. The maximum absolute atomic E-state index is 9.54. The predicted molar refractivity (Wildman–Crippen MR) is 156 cm³/mol. The molecule has 0 amide bonds. The van der Waals surface area contributed by atoms with Crippen molar-refractivity contribution in [3.8, 4) is 11.1 Å². The highest BCUT2D eigenvalue weighted by molar-refractivity contribution is 8.68. The van der Waals surface area contributed by atoms with E-state index in [-0.39, 0.29) is 6.54 Å². The van der Waals surface area contributed by atoms with Crippen molar-refractivity contribution in [3.63, 3.8) is 0 Å². The molecule has 0 fully saturated rings. The van der Waals surface area contributed by atoms with Crippen LogP contribution in [0.1, 0.15) is 18.1 Å². The summed E-state index contributed by atoms with van der Waals surface area (Å²) in [6.07, 6.45) is 5.62. The first-order valence-corrected chi connectivity index (χ1v) is 13.9. The Morgan fingerprint density at radius 3 is 2.14 bits per heavy atom. The second-order valence-corrected chi connectivity index (χ2v) is 8.86. The minimum atomic E-state index is -0.822. The molecule has 0 spiro atoms. The maximum atomic E-state index is 9.54. The monoisotopic (exact) mass is 535 g/mol. The van der Waals surface area contributed by atoms with Gasteiger partial charge in [0.05, 0.1) is 6.54 Å². The standard InChI is InChI=1S/C14H15N.C5H5NS2.C3H7NO2.C3H8S.CH2O/c1-11-7-8-12(10-15)9-14(11)13-5-3-2-4-6-13;7-8-5-2-1-3-6-4-5;1-4-2-3(5)6;1-3-4-2;1-2/h2-9H,10,15H2,1H3;1-4,7H;4H,2H2,1H3,(H,5,6);3H2,1-2H3;1H2. The normalized spacial score (nSPS) is 8.86. The summed E-state index contributed by atoms with van der Waals surface area (Å²) in [6.45, 7) is 6.91. The van der Waals surface area contributed by atoms with Crippen LogP contribution in [0.25, 0.3) is 11.1 Å². The van der Waals surface area contributed by atoms with Crippen LogP contribution in [0.15, 0.2) is 78.0 Å². The van der Waals surface area contributed by atoms with Gasteiger partial charge in [-0.2, -0.15) is 11.8 Å². The molecule has 3 rings (SSSR count). The highest BCUT2D eigenvalue weighted by Gasteiger charge is 2.01. The van der Waals surface area contributed by atoms with Gasteiger partial charge in [-0.1, -0.05) is 60.2 Å². The van der Waals surface area contributed by atoms with Gasteiger partial charge in [-0.15, -0.1) is 11.7 Å². The molecule has 0 saturated heterocycles. The maximum Gasteiger partial charge on any atom is 0.317 e. The van der Waals surface area contributed by atoms with Crippen LogP contribution in [0.2, 0.25) is 0 Å². The van der Waals surface area contributed by atoms with E-state index in [0.717, 1.165) is 4.90 Å². The summed E-state index contributed by atoms with van der Waals surface area (Å²) in [4.78, 5) is 22.5. The summed E-state index contributed by atoms with van der Waals surface area (Å²) < 4.78 is 0. The van der Waals surface area contributed by atoms with Gasteiger partial charge in [-0.3, -0.25) is 9.78 Å². The fourth-order valence-electron chi connectivity index (χ4n) is 2.28. The summed E-state index contributed by atoms with van der Waals surface area (Å²) >= 11 is 5.84. The van der Waals surface area contributed by atoms with E-state index >= 15 is 0 Å². The molecule has 9 heteroatoms. The molecule has 0 bridgehead atoms. The topological polar surface area (TPSA) is 105 Å². The number of carboxylic acid groups (broad SMARTS) is 1. The summed E-state index contributed by atoms with van der Waals surface area (Å²) in [5.74, 6) is 0.414. The largest absolute Gasteiger partial charge is 0.480 e. The van der Waals surface area contributed by atoms with Crippen LogP contribution in [0.4, 0.5) is 0 Å². The SMILES string of the molecule is C=O.CCSC.CNCC(=O)O.Cc1ccc(CN)cc1-c1ccccc1.SSc1cccnc1. The van der Waals surface area contributed by atoms with Crippen LogP contribution in [0.3, 0.4) is 0 Å². The number of hydrogen-bond acceptors (Lipinski definition) is 8. The van der Waals surface area contributed by atoms with Crippen molar-refractivity contribution >= 4 is 47.0 Å². The van der Waals surface area contributed by atoms with Crippen LogP contribution in [0.5, 0.6) is 0 Å². The number of carboxylic acids is 1. The first-order valence-electron chi connectivity index (χ1n) is 10.6. The number of benzene rings is 2. The number of hydrogen-bond donors (Lipinski definition) is 4. The van der Waals surface area contributed by atoms with E-state index in [9.17, 15) is 4.79 Å². The number of thiol groups is 1. The van der Waals surface area contributed by atoms with E-state index in [1.165, 1.54) is 38.8 Å². The van der Waals surface area contributed by atoms with Gasteiger partial charge in [-0.05, 0) is 66.4 Å². The average Bonchev–Trinajstić information content (AvgIpc) is 2.92. The van der Waals surface area contributed by atoms with E-state index in [2.05, 4.69) is 84.5 Å². The zero-order chi connectivity index (χ0) is 26.9. The fraction of sp³-hybridized carbons (Fsp3) is 0.269. The molecule has 2 aromatic carbocycles. The fourth-order valence-corrected chi connectivity index (χ4v) is 2.85. The number of rotatable bonds is 6. The lowest BCUT2D eigenvalue weighted by molar-refractivity contribution is -0.135. The number of aryl methyl sites for hydroxylation is 1. The molecule has 0 aliphatic carbocycles. The Labute approximate surface area is 223 Å². The van der Waals surface area contributed by atoms with E-state index < -0.39 is 5.97 Å². The molecule has 1 heterocycles. The van der Waals surface area contributed by atoms with Gasteiger partial charge >= 0.3 is 5.97 Å². The van der Waals surface area contributed by atoms with Crippen molar-refractivity contribution in [1.29, 1.82) is 0 Å². The van der Waals surface area contributed by atoms with Crippen molar-refractivity contribution in [2.75, 3.05) is 25.6 Å². The first kappa shape index (κ1) is 34.9. The summed E-state index contributed by atoms with van der Waals surface area (Å²) in [5.41, 5.74) is 10.6. The first-order chi connectivity index (χ1) is 16.9. The Morgan fingerprint density at radius 2 is 1.77 bits per heavy atom. The molecule has 6 nitrogen and oxygen atoms in total. The quantitative estimate of drug-likeness (QED) is 0.238. The smallest absolute Gasteiger partial charge is 0.317 e. The third-order valence-corrected chi connectivity index (χ3v) is 5.64. The Bertz CT molecular complexity index is 900. The van der Waals surface area contributed by atoms with Crippen LogP contribution in [0, 0.1) is 6.92 Å². The van der Waals surface area contributed by atoms with Gasteiger partial charge in [0, 0.05) is 23.8 Å². The Kier molecular flexibility index (Phi) is 24.7. The van der Waals surface area contributed by atoms with Crippen molar-refractivity contribution in [1.82, 2.24) is 10.3 Å². The molecule has 0 aliphatic rings. The average molecular weight is 536 g/mol. The number of nitrogens with zero attached hydrogens (tertiary/aromatic N) is 1. The molecule has 0 unspecified atom stereocenters. The molecule has 0 saturated carbocycles.